The van der Waals surface area contributed by atoms with Gasteiger partial charge in [-0.05, 0) is 6.42 Å². The van der Waals surface area contributed by atoms with Crippen LogP contribution in [0.15, 0.2) is 0 Å². The molecule has 1 aliphatic heterocycles. The molecule has 0 radical (unpaired) electrons. The highest BCUT2D eigenvalue weighted by atomic mass is 32.3. The van der Waals surface area contributed by atoms with Gasteiger partial charge in [0.2, 0.25) is 0 Å². The summed E-state index contributed by atoms with van der Waals surface area (Å²) in [6.07, 6.45) is 11.9. The van der Waals surface area contributed by atoms with Crippen LogP contribution < -0.4 is 5.48 Å². The van der Waals surface area contributed by atoms with Crippen molar-refractivity contribution < 1.29 is 22.0 Å². The smallest absolute Gasteiger partial charge is 0.300 e. The third-order valence-electron chi connectivity index (χ3n) is 3.14. The summed E-state index contributed by atoms with van der Waals surface area (Å²) < 4.78 is 33.0. The number of rotatable bonds is 12. The first kappa shape index (κ1) is 20.8. The summed E-state index contributed by atoms with van der Waals surface area (Å²) in [5.41, 5.74) is 2.61. The van der Waals surface area contributed by atoms with Crippen LogP contribution in [0, 0.1) is 0 Å². The highest BCUT2D eigenvalue weighted by Gasteiger charge is 2.02. The Morgan fingerprint density at radius 2 is 1.38 bits per heavy atom. The van der Waals surface area contributed by atoms with Crippen molar-refractivity contribution in [3.05, 3.63) is 0 Å². The van der Waals surface area contributed by atoms with Crippen LogP contribution >= 0.6 is 0 Å². The van der Waals surface area contributed by atoms with E-state index in [2.05, 4.69) is 21.4 Å². The zero-order chi connectivity index (χ0) is 15.8. The van der Waals surface area contributed by atoms with Gasteiger partial charge < -0.3 is 4.84 Å². The maximum Gasteiger partial charge on any atom is 0.397 e. The van der Waals surface area contributed by atoms with Gasteiger partial charge in [0.1, 0.15) is 0 Å². The van der Waals surface area contributed by atoms with Crippen molar-refractivity contribution in [3.8, 4) is 0 Å². The lowest BCUT2D eigenvalue weighted by Crippen LogP contribution is -2.32. The average Bonchev–Trinajstić information content (AvgIpc) is 2.32. The quantitative estimate of drug-likeness (QED) is 0.423. The predicted molar refractivity (Wildman–Crippen MR) is 83.3 cm³/mol. The van der Waals surface area contributed by atoms with Gasteiger partial charge in [0.05, 0.1) is 13.2 Å². The van der Waals surface area contributed by atoms with Crippen LogP contribution in [0.3, 0.4) is 0 Å². The highest BCUT2D eigenvalue weighted by molar-refractivity contribution is 7.80. The molecule has 7 heteroatoms. The van der Waals surface area contributed by atoms with Crippen LogP contribution in [-0.2, 0) is 19.4 Å². The van der Waals surface area contributed by atoms with Crippen LogP contribution in [0.25, 0.3) is 0 Å². The third kappa shape index (κ3) is 19.8. The monoisotopic (exact) mass is 325 g/mol. The summed E-state index contributed by atoms with van der Waals surface area (Å²) in [6, 6.07) is 0. The summed E-state index contributed by atoms with van der Waals surface area (Å²) in [4.78, 5) is 4.47. The lowest BCUT2D eigenvalue weighted by molar-refractivity contribution is -0.0478. The molecule has 128 valence electrons. The van der Waals surface area contributed by atoms with Crippen molar-refractivity contribution in [2.45, 2.75) is 71.1 Å². The number of hydrogen-bond donors (Lipinski definition) is 2. The Balaban J connectivity index is 0.000000847. The summed E-state index contributed by atoms with van der Waals surface area (Å²) in [5.74, 6) is 0. The molecule has 1 fully saturated rings. The summed E-state index contributed by atoms with van der Waals surface area (Å²) in [6.45, 7) is 4.23. The molecule has 0 aromatic carbocycles. The van der Waals surface area contributed by atoms with Gasteiger partial charge in [-0.3, -0.25) is 4.55 Å². The molecule has 0 aliphatic carbocycles. The first-order valence-electron chi connectivity index (χ1n) is 8.02. The van der Waals surface area contributed by atoms with E-state index in [1.54, 1.807) is 0 Å². The number of hydroxylamine groups is 1. The van der Waals surface area contributed by atoms with Gasteiger partial charge in [-0.15, -0.1) is 0 Å². The average molecular weight is 325 g/mol. The number of nitrogens with one attached hydrogen (secondary N) is 1. The molecule has 0 amide bonds. The van der Waals surface area contributed by atoms with Crippen molar-refractivity contribution in [2.75, 3.05) is 19.8 Å². The second-order valence-electron chi connectivity index (χ2n) is 5.17. The Kier molecular flexibility index (Phi) is 14.6. The Bertz CT molecular complexity index is 300. The van der Waals surface area contributed by atoms with Gasteiger partial charge in [0, 0.05) is 6.54 Å². The van der Waals surface area contributed by atoms with E-state index in [1.807, 2.05) is 0 Å². The molecule has 1 rings (SSSR count). The van der Waals surface area contributed by atoms with E-state index in [1.165, 1.54) is 44.9 Å². The Hall–Kier alpha value is -0.210. The number of unbranched alkanes of at least 4 members (excludes halogenated alkanes) is 9. The fourth-order valence-corrected chi connectivity index (χ4v) is 2.18. The minimum absolute atomic E-state index is 0.0926. The van der Waals surface area contributed by atoms with E-state index in [0.29, 0.717) is 6.42 Å². The fraction of sp³-hybridized carbons (Fsp3) is 1.00. The SMILES string of the molecule is C1CON1.CCCCCCCCCCCCOS(=O)(=O)O. The van der Waals surface area contributed by atoms with E-state index < -0.39 is 10.4 Å². The first-order chi connectivity index (χ1) is 10.1. The second-order valence-corrected chi connectivity index (χ2v) is 6.27. The van der Waals surface area contributed by atoms with Crippen LogP contribution in [0.2, 0.25) is 0 Å². The zero-order valence-electron chi connectivity index (χ0n) is 13.2. The maximum absolute atomic E-state index is 10.2. The molecular weight excluding hydrogens is 294 g/mol. The first-order valence-corrected chi connectivity index (χ1v) is 9.39. The number of hydrogen-bond acceptors (Lipinski definition) is 5. The van der Waals surface area contributed by atoms with E-state index in [4.69, 9.17) is 4.55 Å². The van der Waals surface area contributed by atoms with Gasteiger partial charge in [-0.1, -0.05) is 64.7 Å². The van der Waals surface area contributed by atoms with Crippen molar-refractivity contribution in [2.24, 2.45) is 0 Å². The second kappa shape index (κ2) is 14.7. The fourth-order valence-electron chi connectivity index (χ4n) is 1.86. The Labute approximate surface area is 129 Å². The molecule has 0 saturated carbocycles. The predicted octanol–water partition coefficient (Wildman–Crippen LogP) is 3.25. The molecule has 0 spiro atoms. The van der Waals surface area contributed by atoms with E-state index >= 15 is 0 Å². The molecule has 0 unspecified atom stereocenters. The van der Waals surface area contributed by atoms with Gasteiger partial charge in [0.15, 0.2) is 0 Å². The lowest BCUT2D eigenvalue weighted by atomic mass is 10.1. The standard InChI is InChI=1S/C12H26O4S.C2H5NO/c1-2-3-4-5-6-7-8-9-10-11-12-16-17(13,14)15;1-2-4-3-1/h2-12H2,1H3,(H,13,14,15);3H,1-2H2. The summed E-state index contributed by atoms with van der Waals surface area (Å²) in [5, 5.41) is 0. The highest BCUT2D eigenvalue weighted by Crippen LogP contribution is 2.10. The lowest BCUT2D eigenvalue weighted by Gasteiger charge is -2.10. The molecule has 0 bridgehead atoms. The van der Waals surface area contributed by atoms with Crippen LogP contribution in [0.4, 0.5) is 0 Å². The minimum atomic E-state index is -4.23. The van der Waals surface area contributed by atoms with Crippen molar-refractivity contribution in [1.82, 2.24) is 5.48 Å². The zero-order valence-corrected chi connectivity index (χ0v) is 14.0. The Morgan fingerprint density at radius 1 is 1.00 bits per heavy atom. The van der Waals surface area contributed by atoms with Gasteiger partial charge in [-0.25, -0.2) is 9.66 Å². The van der Waals surface area contributed by atoms with E-state index in [0.717, 1.165) is 26.0 Å². The minimum Gasteiger partial charge on any atom is -0.300 e. The van der Waals surface area contributed by atoms with Crippen LogP contribution in [0.5, 0.6) is 0 Å². The molecule has 6 nitrogen and oxygen atoms in total. The summed E-state index contributed by atoms with van der Waals surface area (Å²) >= 11 is 0. The topological polar surface area (TPSA) is 84.9 Å². The van der Waals surface area contributed by atoms with Gasteiger partial charge >= 0.3 is 10.4 Å². The summed E-state index contributed by atoms with van der Waals surface area (Å²) in [7, 11) is -4.23. The molecule has 0 atom stereocenters. The molecule has 21 heavy (non-hydrogen) atoms. The maximum atomic E-state index is 10.2. The molecule has 0 aromatic rings. The molecule has 0 aromatic heterocycles. The van der Waals surface area contributed by atoms with E-state index in [9.17, 15) is 8.42 Å². The third-order valence-corrected chi connectivity index (χ3v) is 3.60. The molecule has 1 saturated heterocycles. The molecular formula is C14H31NO5S. The van der Waals surface area contributed by atoms with Crippen LogP contribution in [0.1, 0.15) is 71.1 Å². The van der Waals surface area contributed by atoms with Crippen molar-refractivity contribution >= 4 is 10.4 Å². The largest absolute Gasteiger partial charge is 0.397 e. The molecule has 1 aliphatic rings. The Morgan fingerprint density at radius 3 is 1.71 bits per heavy atom. The molecule has 1 heterocycles. The van der Waals surface area contributed by atoms with Gasteiger partial charge in [0.25, 0.3) is 0 Å². The normalized spacial score (nSPS) is 14.2. The van der Waals surface area contributed by atoms with Gasteiger partial charge in [-0.2, -0.15) is 8.42 Å². The van der Waals surface area contributed by atoms with Crippen molar-refractivity contribution in [1.29, 1.82) is 0 Å². The van der Waals surface area contributed by atoms with Crippen molar-refractivity contribution in [3.63, 3.8) is 0 Å². The molecule has 2 N–H and O–H groups in total. The van der Waals surface area contributed by atoms with E-state index in [-0.39, 0.29) is 6.61 Å². The van der Waals surface area contributed by atoms with Crippen LogP contribution in [-0.4, -0.2) is 32.7 Å².